The van der Waals surface area contributed by atoms with Gasteiger partial charge in [-0.2, -0.15) is 4.98 Å². The molecule has 1 amide bonds. The molecule has 0 saturated heterocycles. The highest BCUT2D eigenvalue weighted by atomic mass is 16.5. The largest absolute Gasteiger partial charge is 0.340 e. The van der Waals surface area contributed by atoms with E-state index in [1.165, 1.54) is 0 Å². The Bertz CT molecular complexity index is 637. The van der Waals surface area contributed by atoms with Crippen molar-refractivity contribution in [2.45, 2.75) is 19.8 Å². The fourth-order valence-electron chi connectivity index (χ4n) is 2.02. The molecule has 1 heterocycles. The van der Waals surface area contributed by atoms with Crippen LogP contribution in [0.25, 0.3) is 11.5 Å². The third-order valence-corrected chi connectivity index (χ3v) is 3.39. The average Bonchev–Trinajstić information content (AvgIpc) is 3.02. The van der Waals surface area contributed by atoms with Crippen molar-refractivity contribution in [1.82, 2.24) is 20.4 Å². The maximum Gasteiger partial charge on any atom is 0.258 e. The van der Waals surface area contributed by atoms with E-state index in [2.05, 4.69) is 15.5 Å². The number of nitrogens with zero attached hydrogens (tertiary/aromatic N) is 3. The van der Waals surface area contributed by atoms with Crippen molar-refractivity contribution in [3.63, 3.8) is 0 Å². The van der Waals surface area contributed by atoms with E-state index in [1.54, 1.807) is 18.0 Å². The molecule has 0 saturated carbocycles. The monoisotopic (exact) mass is 302 g/mol. The molecular weight excluding hydrogens is 280 g/mol. The molecule has 0 fully saturated rings. The Labute approximate surface area is 130 Å². The minimum Gasteiger partial charge on any atom is -0.340 e. The number of rotatable bonds is 6. The minimum absolute atomic E-state index is 0.0600. The summed E-state index contributed by atoms with van der Waals surface area (Å²) in [5.41, 5.74) is 1.24. The smallest absolute Gasteiger partial charge is 0.258 e. The molecule has 2 aromatic rings. The Morgan fingerprint density at radius 2 is 2.09 bits per heavy atom. The average molecular weight is 302 g/mol. The van der Waals surface area contributed by atoms with Gasteiger partial charge < -0.3 is 14.7 Å². The summed E-state index contributed by atoms with van der Waals surface area (Å²) in [6, 6.07) is 7.31. The third-order valence-electron chi connectivity index (χ3n) is 3.39. The second-order valence-electron chi connectivity index (χ2n) is 5.49. The lowest BCUT2D eigenvalue weighted by molar-refractivity contribution is 0.0797. The predicted molar refractivity (Wildman–Crippen MR) is 84.7 cm³/mol. The lowest BCUT2D eigenvalue weighted by atomic mass is 10.1. The Morgan fingerprint density at radius 3 is 2.73 bits per heavy atom. The number of carbonyl (C=O) groups excluding carboxylic acids is 1. The summed E-state index contributed by atoms with van der Waals surface area (Å²) >= 11 is 0. The molecule has 6 heteroatoms. The number of carbonyl (C=O) groups is 1. The number of amides is 1. The Hall–Kier alpha value is -2.21. The zero-order chi connectivity index (χ0) is 16.1. The van der Waals surface area contributed by atoms with Crippen molar-refractivity contribution >= 4 is 5.91 Å². The number of hydrogen-bond donors (Lipinski definition) is 1. The molecule has 0 spiro atoms. The first-order valence-corrected chi connectivity index (χ1v) is 7.37. The molecule has 0 radical (unpaired) electrons. The summed E-state index contributed by atoms with van der Waals surface area (Å²) in [7, 11) is 3.64. The van der Waals surface area contributed by atoms with Crippen LogP contribution in [0.4, 0.5) is 0 Å². The number of likely N-dealkylation sites (N-methyl/N-ethyl adjacent to an activating group) is 2. The van der Waals surface area contributed by atoms with Crippen molar-refractivity contribution in [3.05, 3.63) is 35.7 Å². The van der Waals surface area contributed by atoms with Crippen LogP contribution in [-0.4, -0.2) is 48.1 Å². The topological polar surface area (TPSA) is 71.3 Å². The minimum atomic E-state index is -0.0600. The Balaban J connectivity index is 2.31. The van der Waals surface area contributed by atoms with Crippen molar-refractivity contribution in [3.8, 4) is 11.5 Å². The molecule has 0 bridgehead atoms. The Morgan fingerprint density at radius 1 is 1.36 bits per heavy atom. The molecule has 118 valence electrons. The lowest BCUT2D eigenvalue weighted by Crippen LogP contribution is -2.33. The van der Waals surface area contributed by atoms with E-state index in [1.807, 2.05) is 39.1 Å². The molecule has 1 aromatic heterocycles. The van der Waals surface area contributed by atoms with Crippen LogP contribution >= 0.6 is 0 Å². The van der Waals surface area contributed by atoms with Crippen molar-refractivity contribution in [2.75, 3.05) is 27.2 Å². The molecule has 6 nitrogen and oxygen atoms in total. The summed E-state index contributed by atoms with van der Waals surface area (Å²) < 4.78 is 5.32. The van der Waals surface area contributed by atoms with E-state index in [0.717, 1.165) is 6.54 Å². The van der Waals surface area contributed by atoms with Gasteiger partial charge in [-0.15, -0.1) is 0 Å². The highest BCUT2D eigenvalue weighted by Gasteiger charge is 2.20. The first-order valence-electron chi connectivity index (χ1n) is 7.37. The summed E-state index contributed by atoms with van der Waals surface area (Å²) in [6.07, 6.45) is 0. The molecule has 1 aromatic carbocycles. The van der Waals surface area contributed by atoms with Gasteiger partial charge in [-0.05, 0) is 19.2 Å². The highest BCUT2D eigenvalue weighted by molar-refractivity contribution is 5.99. The van der Waals surface area contributed by atoms with Gasteiger partial charge in [-0.3, -0.25) is 4.79 Å². The second-order valence-corrected chi connectivity index (χ2v) is 5.49. The van der Waals surface area contributed by atoms with E-state index >= 15 is 0 Å². The summed E-state index contributed by atoms with van der Waals surface area (Å²) in [4.78, 5) is 18.7. The van der Waals surface area contributed by atoms with Crippen LogP contribution in [0.1, 0.15) is 35.9 Å². The van der Waals surface area contributed by atoms with E-state index in [0.29, 0.717) is 29.4 Å². The molecule has 0 aliphatic heterocycles. The molecule has 2 rings (SSSR count). The summed E-state index contributed by atoms with van der Waals surface area (Å²) in [5.74, 6) is 1.14. The zero-order valence-electron chi connectivity index (χ0n) is 13.5. The highest BCUT2D eigenvalue weighted by Crippen LogP contribution is 2.24. The fraction of sp³-hybridized carbons (Fsp3) is 0.438. The molecule has 0 atom stereocenters. The van der Waals surface area contributed by atoms with Crippen LogP contribution in [0, 0.1) is 0 Å². The molecule has 0 aliphatic carbocycles. The molecule has 0 unspecified atom stereocenters. The molecule has 1 N–H and O–H groups in total. The standard InChI is InChI=1S/C16H22N4O2/c1-11(2)14-18-15(22-19-14)12-7-5-6-8-13(12)16(21)20(4)10-9-17-3/h5-8,11,17H,9-10H2,1-4H3. The Kier molecular flexibility index (Phi) is 5.27. The number of hydrogen-bond acceptors (Lipinski definition) is 5. The van der Waals surface area contributed by atoms with Crippen LogP contribution in [0.2, 0.25) is 0 Å². The van der Waals surface area contributed by atoms with Gasteiger partial charge in [0.15, 0.2) is 5.82 Å². The van der Waals surface area contributed by atoms with Crippen molar-refractivity contribution in [1.29, 1.82) is 0 Å². The predicted octanol–water partition coefficient (Wildman–Crippen LogP) is 2.15. The molecule has 0 aliphatic rings. The van der Waals surface area contributed by atoms with E-state index in [9.17, 15) is 4.79 Å². The van der Waals surface area contributed by atoms with Crippen LogP contribution in [0.15, 0.2) is 28.8 Å². The van der Waals surface area contributed by atoms with Gasteiger partial charge in [0.1, 0.15) is 0 Å². The second kappa shape index (κ2) is 7.17. The summed E-state index contributed by atoms with van der Waals surface area (Å²) in [6.45, 7) is 5.36. The van der Waals surface area contributed by atoms with Crippen LogP contribution in [0.5, 0.6) is 0 Å². The van der Waals surface area contributed by atoms with Gasteiger partial charge in [0.05, 0.1) is 11.1 Å². The van der Waals surface area contributed by atoms with E-state index < -0.39 is 0 Å². The van der Waals surface area contributed by atoms with Gasteiger partial charge in [0.2, 0.25) is 0 Å². The lowest BCUT2D eigenvalue weighted by Gasteiger charge is -2.18. The first kappa shape index (κ1) is 16.2. The SMILES string of the molecule is CNCCN(C)C(=O)c1ccccc1-c1nc(C(C)C)no1. The van der Waals surface area contributed by atoms with Crippen LogP contribution in [-0.2, 0) is 0 Å². The van der Waals surface area contributed by atoms with Crippen LogP contribution in [0.3, 0.4) is 0 Å². The number of benzene rings is 1. The maximum absolute atomic E-state index is 12.6. The van der Waals surface area contributed by atoms with Gasteiger partial charge in [-0.25, -0.2) is 0 Å². The quantitative estimate of drug-likeness (QED) is 0.885. The van der Waals surface area contributed by atoms with Gasteiger partial charge in [0.25, 0.3) is 11.8 Å². The third kappa shape index (κ3) is 3.51. The zero-order valence-corrected chi connectivity index (χ0v) is 13.5. The van der Waals surface area contributed by atoms with Crippen LogP contribution < -0.4 is 5.32 Å². The maximum atomic E-state index is 12.6. The normalized spacial score (nSPS) is 11.0. The first-order chi connectivity index (χ1) is 10.5. The van der Waals surface area contributed by atoms with Gasteiger partial charge in [0, 0.05) is 26.1 Å². The van der Waals surface area contributed by atoms with Crippen molar-refractivity contribution in [2.24, 2.45) is 0 Å². The van der Waals surface area contributed by atoms with Crippen molar-refractivity contribution < 1.29 is 9.32 Å². The summed E-state index contributed by atoms with van der Waals surface area (Å²) in [5, 5.41) is 7.00. The van der Waals surface area contributed by atoms with Gasteiger partial charge >= 0.3 is 0 Å². The van der Waals surface area contributed by atoms with E-state index in [-0.39, 0.29) is 11.8 Å². The fourth-order valence-corrected chi connectivity index (χ4v) is 2.02. The number of nitrogens with one attached hydrogen (secondary N) is 1. The van der Waals surface area contributed by atoms with E-state index in [4.69, 9.17) is 4.52 Å². The molecule has 22 heavy (non-hydrogen) atoms. The molecular formula is C16H22N4O2. The number of aromatic nitrogens is 2. The van der Waals surface area contributed by atoms with Gasteiger partial charge in [-0.1, -0.05) is 31.1 Å².